The van der Waals surface area contributed by atoms with Crippen LogP contribution in [0.15, 0.2) is 109 Å². The molecule has 3 heteroatoms. The summed E-state index contributed by atoms with van der Waals surface area (Å²) < 4.78 is 8.52. The average Bonchev–Trinajstić information content (AvgIpc) is 3.46. The quantitative estimate of drug-likeness (QED) is 0.149. The molecule has 5 rings (SSSR count). The monoisotopic (exact) mass is 475 g/mol. The van der Waals surface area contributed by atoms with Crippen molar-refractivity contribution in [2.75, 3.05) is 0 Å². The number of carbonyl (C=O) groups is 1. The number of esters is 1. The van der Waals surface area contributed by atoms with Gasteiger partial charge in [0.25, 0.3) is 0 Å². The Morgan fingerprint density at radius 1 is 0.694 bits per heavy atom. The molecule has 1 atom stereocenters. The van der Waals surface area contributed by atoms with Crippen molar-refractivity contribution in [3.8, 4) is 0 Å². The molecule has 0 amide bonds. The van der Waals surface area contributed by atoms with Crippen LogP contribution in [0.3, 0.4) is 0 Å². The lowest BCUT2D eigenvalue weighted by Gasteiger charge is -2.25. The van der Waals surface area contributed by atoms with E-state index in [4.69, 9.17) is 4.74 Å². The van der Waals surface area contributed by atoms with E-state index in [0.29, 0.717) is 0 Å². The number of fused-ring (bicyclic) bond motifs is 2. The van der Waals surface area contributed by atoms with Crippen LogP contribution in [0.1, 0.15) is 62.3 Å². The highest BCUT2D eigenvalue weighted by Gasteiger charge is 2.28. The van der Waals surface area contributed by atoms with Gasteiger partial charge in [-0.25, -0.2) is 4.79 Å². The van der Waals surface area contributed by atoms with Gasteiger partial charge in [0.15, 0.2) is 6.10 Å². The minimum absolute atomic E-state index is 0.187. The van der Waals surface area contributed by atoms with E-state index in [1.54, 1.807) is 0 Å². The molecule has 5 aromatic rings. The molecule has 4 aromatic carbocycles. The van der Waals surface area contributed by atoms with Gasteiger partial charge < -0.3 is 9.30 Å². The minimum Gasteiger partial charge on any atom is -0.451 e. The van der Waals surface area contributed by atoms with E-state index < -0.39 is 6.10 Å². The number of rotatable bonds is 10. The van der Waals surface area contributed by atoms with Crippen molar-refractivity contribution in [1.29, 1.82) is 0 Å². The summed E-state index contributed by atoms with van der Waals surface area (Å²) in [5.74, 6) is -0.187. The molecule has 0 unspecified atom stereocenters. The van der Waals surface area contributed by atoms with Crippen molar-refractivity contribution in [2.45, 2.75) is 51.2 Å². The number of benzene rings is 4. The van der Waals surface area contributed by atoms with Crippen LogP contribution in [0.4, 0.5) is 0 Å². The van der Waals surface area contributed by atoms with Crippen molar-refractivity contribution in [3.05, 3.63) is 121 Å². The molecule has 3 nitrogen and oxygen atoms in total. The number of unbranched alkanes of at least 4 members (excludes halogenated alkanes) is 3. The fourth-order valence-electron chi connectivity index (χ4n) is 5.16. The van der Waals surface area contributed by atoms with E-state index in [9.17, 15) is 4.79 Å². The highest BCUT2D eigenvalue weighted by atomic mass is 16.5. The van der Waals surface area contributed by atoms with Crippen LogP contribution in [0, 0.1) is 0 Å². The summed E-state index contributed by atoms with van der Waals surface area (Å²) in [6.07, 6.45) is 8.67. The largest absolute Gasteiger partial charge is 0.451 e. The lowest BCUT2D eigenvalue weighted by molar-refractivity contribution is -0.151. The second-order valence-corrected chi connectivity index (χ2v) is 9.45. The Labute approximate surface area is 213 Å². The summed E-state index contributed by atoms with van der Waals surface area (Å²) in [5.41, 5.74) is 2.02. The Morgan fingerprint density at radius 2 is 1.25 bits per heavy atom. The fraction of sp³-hybridized carbons (Fsp3) is 0.242. The third kappa shape index (κ3) is 5.06. The SMILES string of the molecule is CCCCCC[C@@H](C(=O)OC(c1cccc2ccccc12)c1cccc2ccccc12)n1cccc1. The summed E-state index contributed by atoms with van der Waals surface area (Å²) in [5, 5.41) is 4.48. The van der Waals surface area contributed by atoms with Gasteiger partial charge in [-0.2, -0.15) is 0 Å². The molecule has 0 saturated carbocycles. The van der Waals surface area contributed by atoms with Crippen LogP contribution in [0.5, 0.6) is 0 Å². The highest BCUT2D eigenvalue weighted by molar-refractivity contribution is 5.90. The summed E-state index contributed by atoms with van der Waals surface area (Å²) in [7, 11) is 0. The average molecular weight is 476 g/mol. The molecule has 0 spiro atoms. The first kappa shape index (κ1) is 23.9. The lowest BCUT2D eigenvalue weighted by Crippen LogP contribution is -2.24. The maximum Gasteiger partial charge on any atom is 0.330 e. The van der Waals surface area contributed by atoms with Crippen LogP contribution >= 0.6 is 0 Å². The number of hydrogen-bond acceptors (Lipinski definition) is 2. The molecule has 0 bridgehead atoms. The second kappa shape index (κ2) is 11.3. The molecule has 1 heterocycles. The molecule has 0 radical (unpaired) electrons. The van der Waals surface area contributed by atoms with Gasteiger partial charge in [0.05, 0.1) is 0 Å². The highest BCUT2D eigenvalue weighted by Crippen LogP contribution is 2.37. The molecule has 0 aliphatic carbocycles. The standard InChI is InChI=1S/C33H33NO2/c1-2-3-4-5-22-31(34-23-10-11-24-34)33(35)36-32(29-20-12-16-25-14-6-8-18-27(25)29)30-21-13-17-26-15-7-9-19-28(26)30/h6-21,23-24,31-32H,2-5,22H2,1H3/t31-/m0/s1. The van der Waals surface area contributed by atoms with Gasteiger partial charge in [0, 0.05) is 23.5 Å². The van der Waals surface area contributed by atoms with E-state index in [1.807, 2.05) is 53.4 Å². The predicted molar refractivity (Wildman–Crippen MR) is 148 cm³/mol. The van der Waals surface area contributed by atoms with Crippen LogP contribution in [0.25, 0.3) is 21.5 Å². The molecule has 0 aliphatic rings. The molecule has 0 fully saturated rings. The van der Waals surface area contributed by atoms with Crippen LogP contribution < -0.4 is 0 Å². The van der Waals surface area contributed by atoms with E-state index >= 15 is 0 Å². The topological polar surface area (TPSA) is 31.2 Å². The first-order chi connectivity index (χ1) is 17.8. The van der Waals surface area contributed by atoms with Gasteiger partial charge in [-0.15, -0.1) is 0 Å². The van der Waals surface area contributed by atoms with Gasteiger partial charge in [0.2, 0.25) is 0 Å². The van der Waals surface area contributed by atoms with Gasteiger partial charge >= 0.3 is 5.97 Å². The molecule has 0 saturated heterocycles. The Hall–Kier alpha value is -3.85. The number of hydrogen-bond donors (Lipinski definition) is 0. The Morgan fingerprint density at radius 3 is 1.83 bits per heavy atom. The smallest absolute Gasteiger partial charge is 0.330 e. The molecule has 182 valence electrons. The van der Waals surface area contributed by atoms with Gasteiger partial charge in [0.1, 0.15) is 6.04 Å². The molecular weight excluding hydrogens is 442 g/mol. The summed E-state index contributed by atoms with van der Waals surface area (Å²) in [6.45, 7) is 2.21. The minimum atomic E-state index is -0.511. The maximum atomic E-state index is 13.9. The zero-order valence-electron chi connectivity index (χ0n) is 20.8. The summed E-state index contributed by atoms with van der Waals surface area (Å²) in [4.78, 5) is 13.9. The van der Waals surface area contributed by atoms with E-state index in [1.165, 1.54) is 12.8 Å². The zero-order valence-corrected chi connectivity index (χ0v) is 20.8. The Kier molecular flexibility index (Phi) is 7.47. The number of ether oxygens (including phenoxy) is 1. The van der Waals surface area contributed by atoms with Crippen molar-refractivity contribution in [3.63, 3.8) is 0 Å². The Balaban J connectivity index is 1.57. The van der Waals surface area contributed by atoms with E-state index in [-0.39, 0.29) is 12.0 Å². The molecule has 0 aliphatic heterocycles. The molecule has 0 N–H and O–H groups in total. The zero-order chi connectivity index (χ0) is 24.7. The number of aromatic nitrogens is 1. The van der Waals surface area contributed by atoms with Crippen molar-refractivity contribution < 1.29 is 9.53 Å². The first-order valence-corrected chi connectivity index (χ1v) is 13.0. The number of carbonyl (C=O) groups excluding carboxylic acids is 1. The second-order valence-electron chi connectivity index (χ2n) is 9.45. The molecule has 1 aromatic heterocycles. The molecule has 36 heavy (non-hydrogen) atoms. The predicted octanol–water partition coefficient (Wildman–Crippen LogP) is 8.64. The van der Waals surface area contributed by atoms with E-state index in [0.717, 1.165) is 51.9 Å². The normalized spacial score (nSPS) is 12.3. The van der Waals surface area contributed by atoms with Gasteiger partial charge in [-0.1, -0.05) is 118 Å². The van der Waals surface area contributed by atoms with E-state index in [2.05, 4.69) is 67.6 Å². The first-order valence-electron chi connectivity index (χ1n) is 13.0. The lowest BCUT2D eigenvalue weighted by atomic mass is 9.92. The number of nitrogens with zero attached hydrogens (tertiary/aromatic N) is 1. The van der Waals surface area contributed by atoms with Crippen LogP contribution in [-0.2, 0) is 9.53 Å². The van der Waals surface area contributed by atoms with Gasteiger partial charge in [-0.3, -0.25) is 0 Å². The van der Waals surface area contributed by atoms with Crippen molar-refractivity contribution in [1.82, 2.24) is 4.57 Å². The fourth-order valence-corrected chi connectivity index (χ4v) is 5.16. The Bertz CT molecular complexity index is 1350. The third-order valence-corrected chi connectivity index (χ3v) is 7.04. The molecular formula is C33H33NO2. The third-order valence-electron chi connectivity index (χ3n) is 7.04. The van der Waals surface area contributed by atoms with Crippen LogP contribution in [-0.4, -0.2) is 10.5 Å². The van der Waals surface area contributed by atoms with Crippen LogP contribution in [0.2, 0.25) is 0 Å². The van der Waals surface area contributed by atoms with Gasteiger partial charge in [-0.05, 0) is 40.1 Å². The van der Waals surface area contributed by atoms with Crippen molar-refractivity contribution >= 4 is 27.5 Å². The van der Waals surface area contributed by atoms with Crippen molar-refractivity contribution in [2.24, 2.45) is 0 Å². The maximum absolute atomic E-state index is 13.9. The summed E-state index contributed by atoms with van der Waals surface area (Å²) >= 11 is 0. The summed E-state index contributed by atoms with van der Waals surface area (Å²) in [6, 6.07) is 32.7.